The Balaban J connectivity index is 2.02. The van der Waals surface area contributed by atoms with Gasteiger partial charge in [-0.1, -0.05) is 0 Å². The Morgan fingerprint density at radius 2 is 2.14 bits per heavy atom. The number of carbonyl (C=O) groups excluding carboxylic acids is 1. The van der Waals surface area contributed by atoms with Gasteiger partial charge in [0.15, 0.2) is 0 Å². The third kappa shape index (κ3) is 4.67. The maximum Gasteiger partial charge on any atom is 0.412 e. The van der Waals surface area contributed by atoms with Gasteiger partial charge >= 0.3 is 12.3 Å². The average molecular weight is 412 g/mol. The summed E-state index contributed by atoms with van der Waals surface area (Å²) in [5, 5.41) is 2.41. The molecule has 2 aromatic heterocycles. The van der Waals surface area contributed by atoms with Crippen molar-refractivity contribution in [1.82, 2.24) is 9.97 Å². The lowest BCUT2D eigenvalue weighted by molar-refractivity contribution is -0.167. The van der Waals surface area contributed by atoms with E-state index < -0.39 is 30.5 Å². The van der Waals surface area contributed by atoms with E-state index in [4.69, 9.17) is 4.74 Å². The number of carbonyl (C=O) groups is 1. The Morgan fingerprint density at radius 3 is 2.83 bits per heavy atom. The van der Waals surface area contributed by atoms with Gasteiger partial charge in [-0.2, -0.15) is 13.2 Å². The Labute approximate surface area is 163 Å². The normalized spacial score (nSPS) is 17.1. The number of halogens is 3. The number of aromatic nitrogens is 2. The number of hydrogen-bond acceptors (Lipinski definition) is 6. The quantitative estimate of drug-likeness (QED) is 0.805. The standard InChI is InChI=1S/C18H19F3N4O4/c1-10-8-22-14(23-17(27)28-2)7-12(10)11-5-15(24-16(26)6-11)25-3-4-29-9-13(25)18(19,20)21/h5-8,13H,3-4,9H2,1-2H3,(H,24,26)(H,22,23,27)/t13-/m1/s1. The van der Waals surface area contributed by atoms with Crippen LogP contribution in [0.5, 0.6) is 0 Å². The van der Waals surface area contributed by atoms with Crippen molar-refractivity contribution in [1.29, 1.82) is 0 Å². The third-order valence-electron chi connectivity index (χ3n) is 4.48. The van der Waals surface area contributed by atoms with Crippen LogP contribution in [-0.2, 0) is 9.47 Å². The number of aryl methyl sites for hydroxylation is 1. The zero-order valence-electron chi connectivity index (χ0n) is 15.7. The highest BCUT2D eigenvalue weighted by atomic mass is 19.4. The molecule has 11 heteroatoms. The Morgan fingerprint density at radius 1 is 1.38 bits per heavy atom. The van der Waals surface area contributed by atoms with E-state index in [-0.39, 0.29) is 24.8 Å². The molecule has 156 valence electrons. The number of amides is 1. The van der Waals surface area contributed by atoms with Crippen molar-refractivity contribution in [2.45, 2.75) is 19.1 Å². The molecule has 0 saturated carbocycles. The first-order valence-corrected chi connectivity index (χ1v) is 8.66. The Kier molecular flexibility index (Phi) is 5.78. The van der Waals surface area contributed by atoms with Crippen LogP contribution in [-0.4, -0.2) is 55.1 Å². The van der Waals surface area contributed by atoms with Crippen LogP contribution in [0, 0.1) is 6.92 Å². The second-order valence-electron chi connectivity index (χ2n) is 6.45. The predicted molar refractivity (Wildman–Crippen MR) is 99.1 cm³/mol. The van der Waals surface area contributed by atoms with E-state index >= 15 is 0 Å². The number of nitrogens with one attached hydrogen (secondary N) is 2. The van der Waals surface area contributed by atoms with Crippen molar-refractivity contribution in [2.24, 2.45) is 0 Å². The van der Waals surface area contributed by atoms with Crippen molar-refractivity contribution in [3.05, 3.63) is 40.3 Å². The number of methoxy groups -OCH3 is 1. The first-order valence-electron chi connectivity index (χ1n) is 8.66. The molecule has 0 radical (unpaired) electrons. The van der Waals surface area contributed by atoms with Gasteiger partial charge < -0.3 is 19.4 Å². The monoisotopic (exact) mass is 412 g/mol. The lowest BCUT2D eigenvalue weighted by Crippen LogP contribution is -2.54. The van der Waals surface area contributed by atoms with Crippen molar-refractivity contribution in [3.63, 3.8) is 0 Å². The number of ether oxygens (including phenoxy) is 2. The summed E-state index contributed by atoms with van der Waals surface area (Å²) >= 11 is 0. The zero-order valence-corrected chi connectivity index (χ0v) is 15.7. The van der Waals surface area contributed by atoms with Gasteiger partial charge in [0, 0.05) is 18.8 Å². The number of H-pyrrole nitrogens is 1. The topological polar surface area (TPSA) is 96.5 Å². The van der Waals surface area contributed by atoms with E-state index in [0.29, 0.717) is 16.7 Å². The molecule has 1 saturated heterocycles. The lowest BCUT2D eigenvalue weighted by Gasteiger charge is -2.37. The molecule has 29 heavy (non-hydrogen) atoms. The summed E-state index contributed by atoms with van der Waals surface area (Å²) in [6, 6.07) is 2.40. The molecular formula is C18H19F3N4O4. The molecule has 1 fully saturated rings. The number of pyridine rings is 2. The van der Waals surface area contributed by atoms with Gasteiger partial charge in [0.25, 0.3) is 0 Å². The highest BCUT2D eigenvalue weighted by Crippen LogP contribution is 2.32. The minimum atomic E-state index is -4.52. The summed E-state index contributed by atoms with van der Waals surface area (Å²) in [5.41, 5.74) is 1.05. The van der Waals surface area contributed by atoms with Crippen LogP contribution < -0.4 is 15.8 Å². The molecule has 1 amide bonds. The molecule has 3 rings (SSSR count). The van der Waals surface area contributed by atoms with Gasteiger partial charge in [-0.05, 0) is 35.7 Å². The fourth-order valence-corrected chi connectivity index (χ4v) is 3.06. The van der Waals surface area contributed by atoms with E-state index in [1.807, 2.05) is 0 Å². The number of anilines is 2. The molecule has 1 aliphatic rings. The highest BCUT2D eigenvalue weighted by Gasteiger charge is 2.45. The van der Waals surface area contributed by atoms with E-state index in [9.17, 15) is 22.8 Å². The number of nitrogens with zero attached hydrogens (tertiary/aromatic N) is 2. The van der Waals surface area contributed by atoms with Crippen LogP contribution >= 0.6 is 0 Å². The highest BCUT2D eigenvalue weighted by molar-refractivity contribution is 5.84. The number of alkyl halides is 3. The van der Waals surface area contributed by atoms with Crippen molar-refractivity contribution >= 4 is 17.7 Å². The van der Waals surface area contributed by atoms with Crippen LogP contribution in [0.2, 0.25) is 0 Å². The van der Waals surface area contributed by atoms with Crippen LogP contribution in [0.15, 0.2) is 29.2 Å². The van der Waals surface area contributed by atoms with E-state index in [1.54, 1.807) is 6.92 Å². The van der Waals surface area contributed by atoms with Crippen molar-refractivity contribution < 1.29 is 27.4 Å². The van der Waals surface area contributed by atoms with Gasteiger partial charge in [-0.15, -0.1) is 0 Å². The predicted octanol–water partition coefficient (Wildman–Crippen LogP) is 2.69. The van der Waals surface area contributed by atoms with Gasteiger partial charge in [-0.25, -0.2) is 9.78 Å². The zero-order chi connectivity index (χ0) is 21.2. The molecule has 1 atom stereocenters. The first-order chi connectivity index (χ1) is 13.7. The van der Waals surface area contributed by atoms with Crippen LogP contribution in [0.1, 0.15) is 5.56 Å². The number of hydrogen-bond donors (Lipinski definition) is 2. The van der Waals surface area contributed by atoms with E-state index in [1.165, 1.54) is 31.5 Å². The average Bonchev–Trinajstić information content (AvgIpc) is 2.68. The lowest BCUT2D eigenvalue weighted by atomic mass is 10.0. The minimum absolute atomic E-state index is 0.0198. The summed E-state index contributed by atoms with van der Waals surface area (Å²) in [6.07, 6.45) is -3.76. The minimum Gasteiger partial charge on any atom is -0.453 e. The molecule has 2 aromatic rings. The molecule has 3 heterocycles. The largest absolute Gasteiger partial charge is 0.453 e. The van der Waals surface area contributed by atoms with E-state index in [0.717, 1.165) is 4.90 Å². The summed E-state index contributed by atoms with van der Waals surface area (Å²) in [6.45, 7) is 1.31. The summed E-state index contributed by atoms with van der Waals surface area (Å²) in [7, 11) is 1.20. The molecule has 0 unspecified atom stereocenters. The number of morpholine rings is 1. The van der Waals surface area contributed by atoms with Crippen LogP contribution in [0.3, 0.4) is 0 Å². The van der Waals surface area contributed by atoms with Gasteiger partial charge in [0.2, 0.25) is 5.56 Å². The van der Waals surface area contributed by atoms with Crippen molar-refractivity contribution in [2.75, 3.05) is 37.1 Å². The first kappa shape index (κ1) is 20.6. The maximum atomic E-state index is 13.4. The fraction of sp³-hybridized carbons (Fsp3) is 0.389. The summed E-state index contributed by atoms with van der Waals surface area (Å²) in [4.78, 5) is 31.2. The van der Waals surface area contributed by atoms with E-state index in [2.05, 4.69) is 20.0 Å². The van der Waals surface area contributed by atoms with Gasteiger partial charge in [0.05, 0.1) is 20.3 Å². The molecule has 0 aliphatic carbocycles. The molecule has 2 N–H and O–H groups in total. The summed E-state index contributed by atoms with van der Waals surface area (Å²) in [5.74, 6) is 0.218. The second kappa shape index (κ2) is 8.11. The third-order valence-corrected chi connectivity index (χ3v) is 4.48. The smallest absolute Gasteiger partial charge is 0.412 e. The summed E-state index contributed by atoms with van der Waals surface area (Å²) < 4.78 is 49.7. The molecule has 0 aromatic carbocycles. The molecule has 0 spiro atoms. The molecular weight excluding hydrogens is 393 g/mol. The maximum absolute atomic E-state index is 13.4. The number of aromatic amines is 1. The molecule has 0 bridgehead atoms. The Hall–Kier alpha value is -3.08. The van der Waals surface area contributed by atoms with Crippen LogP contribution in [0.4, 0.5) is 29.6 Å². The van der Waals surface area contributed by atoms with Gasteiger partial charge in [-0.3, -0.25) is 10.1 Å². The Bertz CT molecular complexity index is 961. The van der Waals surface area contributed by atoms with Crippen molar-refractivity contribution in [3.8, 4) is 11.1 Å². The molecule has 1 aliphatic heterocycles. The van der Waals surface area contributed by atoms with Gasteiger partial charge in [0.1, 0.15) is 17.7 Å². The van der Waals surface area contributed by atoms with Crippen LogP contribution in [0.25, 0.3) is 11.1 Å². The number of rotatable bonds is 3. The fourth-order valence-electron chi connectivity index (χ4n) is 3.06. The molecule has 8 nitrogen and oxygen atoms in total. The second-order valence-corrected chi connectivity index (χ2v) is 6.45. The SMILES string of the molecule is COC(=O)Nc1cc(-c2cc(N3CCOC[C@@H]3C(F)(F)F)[nH]c(=O)c2)c(C)cn1.